The van der Waals surface area contributed by atoms with Crippen molar-refractivity contribution < 1.29 is 9.90 Å². The summed E-state index contributed by atoms with van der Waals surface area (Å²) >= 11 is 0. The molecule has 134 valence electrons. The first-order valence-electron chi connectivity index (χ1n) is 8.43. The second-order valence-corrected chi connectivity index (χ2v) is 7.19. The van der Waals surface area contributed by atoms with E-state index in [9.17, 15) is 14.7 Å². The highest BCUT2D eigenvalue weighted by Crippen LogP contribution is 2.23. The maximum Gasteiger partial charge on any atom is 0.259 e. The zero-order chi connectivity index (χ0) is 18.2. The van der Waals surface area contributed by atoms with Gasteiger partial charge in [-0.1, -0.05) is 0 Å². The quantitative estimate of drug-likeness (QED) is 0.719. The second-order valence-electron chi connectivity index (χ2n) is 7.19. The molecule has 1 aliphatic carbocycles. The number of aliphatic hydroxyl groups is 1. The van der Waals surface area contributed by atoms with Crippen molar-refractivity contribution >= 4 is 5.91 Å². The highest BCUT2D eigenvalue weighted by Gasteiger charge is 2.23. The molecule has 1 aliphatic rings. The van der Waals surface area contributed by atoms with Crippen molar-refractivity contribution in [3.63, 3.8) is 0 Å². The van der Waals surface area contributed by atoms with Crippen molar-refractivity contribution in [3.8, 4) is 11.4 Å². The van der Waals surface area contributed by atoms with Crippen LogP contribution in [0.4, 0.5) is 0 Å². The molecule has 8 heteroatoms. The summed E-state index contributed by atoms with van der Waals surface area (Å²) in [5.74, 6) is 0.0307. The number of aromatic amines is 1. The van der Waals surface area contributed by atoms with Crippen LogP contribution in [0.5, 0.6) is 0 Å². The van der Waals surface area contributed by atoms with E-state index < -0.39 is 11.5 Å². The molecule has 2 heterocycles. The molecule has 0 atom stereocenters. The molecular formula is C17H23N5O3. The molecule has 0 saturated carbocycles. The largest absolute Gasteiger partial charge is 0.389 e. The molecule has 25 heavy (non-hydrogen) atoms. The molecule has 2 aromatic heterocycles. The summed E-state index contributed by atoms with van der Waals surface area (Å²) < 4.78 is 1.47. The SMILES string of the molecule is CC(C)(O)Cn1nc(CC(N)=O)nc1-c1cc2c([nH]c1=O)CCCC2. The molecule has 8 nitrogen and oxygen atoms in total. The van der Waals surface area contributed by atoms with Crippen LogP contribution in [0.3, 0.4) is 0 Å². The minimum absolute atomic E-state index is 0.116. The molecule has 0 fully saturated rings. The van der Waals surface area contributed by atoms with Gasteiger partial charge in [-0.25, -0.2) is 9.67 Å². The normalized spacial score (nSPS) is 14.4. The van der Waals surface area contributed by atoms with E-state index in [0.717, 1.165) is 36.9 Å². The smallest absolute Gasteiger partial charge is 0.259 e. The number of nitrogens with one attached hydrogen (secondary N) is 1. The van der Waals surface area contributed by atoms with Gasteiger partial charge in [-0.15, -0.1) is 0 Å². The Balaban J connectivity index is 2.10. The summed E-state index contributed by atoms with van der Waals surface area (Å²) in [7, 11) is 0. The molecule has 0 aliphatic heterocycles. The molecule has 1 amide bonds. The molecule has 4 N–H and O–H groups in total. The minimum Gasteiger partial charge on any atom is -0.389 e. The van der Waals surface area contributed by atoms with Crippen LogP contribution in [0.25, 0.3) is 11.4 Å². The van der Waals surface area contributed by atoms with Crippen LogP contribution >= 0.6 is 0 Å². The number of nitrogens with two attached hydrogens (primary N) is 1. The standard InChI is InChI=1S/C17H23N5O3/c1-17(2,25)9-22-15(20-14(21-22)8-13(18)23)11-7-10-5-3-4-6-12(10)19-16(11)24/h7,25H,3-6,8-9H2,1-2H3,(H2,18,23)(H,19,24). The molecular weight excluding hydrogens is 322 g/mol. The number of primary amides is 1. The number of aryl methyl sites for hydroxylation is 2. The molecule has 0 radical (unpaired) electrons. The van der Waals surface area contributed by atoms with Gasteiger partial charge in [-0.2, -0.15) is 5.10 Å². The number of carbonyl (C=O) groups excluding carboxylic acids is 1. The Bertz CT molecular complexity index is 860. The number of pyridine rings is 1. The fraction of sp³-hybridized carbons (Fsp3) is 0.529. The molecule has 0 bridgehead atoms. The van der Waals surface area contributed by atoms with Gasteiger partial charge in [0, 0.05) is 5.69 Å². The van der Waals surface area contributed by atoms with Crippen molar-refractivity contribution in [2.45, 2.75) is 58.1 Å². The Morgan fingerprint density at radius 2 is 2.12 bits per heavy atom. The van der Waals surface area contributed by atoms with E-state index >= 15 is 0 Å². The van der Waals surface area contributed by atoms with E-state index in [0.29, 0.717) is 11.4 Å². The van der Waals surface area contributed by atoms with Crippen LogP contribution in [-0.4, -0.2) is 36.4 Å². The van der Waals surface area contributed by atoms with Crippen LogP contribution in [0, 0.1) is 0 Å². The Kier molecular flexibility index (Phi) is 4.47. The maximum absolute atomic E-state index is 12.6. The number of carbonyl (C=O) groups is 1. The van der Waals surface area contributed by atoms with E-state index in [-0.39, 0.29) is 24.3 Å². The van der Waals surface area contributed by atoms with E-state index in [2.05, 4.69) is 15.1 Å². The van der Waals surface area contributed by atoms with Crippen molar-refractivity contribution in [1.82, 2.24) is 19.7 Å². The Morgan fingerprint density at radius 1 is 1.40 bits per heavy atom. The van der Waals surface area contributed by atoms with Crippen LogP contribution in [0.2, 0.25) is 0 Å². The van der Waals surface area contributed by atoms with Crippen LogP contribution in [0.15, 0.2) is 10.9 Å². The van der Waals surface area contributed by atoms with E-state index in [1.807, 2.05) is 6.07 Å². The first-order valence-corrected chi connectivity index (χ1v) is 8.43. The third-order valence-electron chi connectivity index (χ3n) is 4.16. The van der Waals surface area contributed by atoms with Gasteiger partial charge in [-0.3, -0.25) is 9.59 Å². The average molecular weight is 345 g/mol. The van der Waals surface area contributed by atoms with Gasteiger partial charge in [0.1, 0.15) is 0 Å². The zero-order valence-corrected chi connectivity index (χ0v) is 14.5. The van der Waals surface area contributed by atoms with Crippen molar-refractivity contribution in [2.24, 2.45) is 5.73 Å². The van der Waals surface area contributed by atoms with Gasteiger partial charge in [-0.05, 0) is 51.2 Å². The summed E-state index contributed by atoms with van der Waals surface area (Å²) in [6, 6.07) is 1.85. The topological polar surface area (TPSA) is 127 Å². The maximum atomic E-state index is 12.6. The van der Waals surface area contributed by atoms with Gasteiger partial charge >= 0.3 is 0 Å². The van der Waals surface area contributed by atoms with E-state index in [1.54, 1.807) is 13.8 Å². The zero-order valence-electron chi connectivity index (χ0n) is 14.5. The molecule has 0 saturated heterocycles. The number of rotatable bonds is 5. The van der Waals surface area contributed by atoms with Crippen LogP contribution in [0.1, 0.15) is 43.8 Å². The second kappa shape index (κ2) is 6.44. The fourth-order valence-corrected chi connectivity index (χ4v) is 3.14. The van der Waals surface area contributed by atoms with Crippen LogP contribution in [-0.2, 0) is 30.6 Å². The number of amides is 1. The third kappa shape index (κ3) is 3.96. The van der Waals surface area contributed by atoms with Crippen molar-refractivity contribution in [1.29, 1.82) is 0 Å². The monoisotopic (exact) mass is 345 g/mol. The molecule has 0 spiro atoms. The summed E-state index contributed by atoms with van der Waals surface area (Å²) in [5, 5.41) is 14.4. The number of fused-ring (bicyclic) bond motifs is 1. The lowest BCUT2D eigenvalue weighted by Gasteiger charge is -2.19. The lowest BCUT2D eigenvalue weighted by Crippen LogP contribution is -2.28. The van der Waals surface area contributed by atoms with E-state index in [1.165, 1.54) is 4.68 Å². The van der Waals surface area contributed by atoms with Crippen molar-refractivity contribution in [2.75, 3.05) is 0 Å². The summed E-state index contributed by atoms with van der Waals surface area (Å²) in [6.07, 6.45) is 3.82. The number of H-pyrrole nitrogens is 1. The van der Waals surface area contributed by atoms with Crippen LogP contribution < -0.4 is 11.3 Å². The third-order valence-corrected chi connectivity index (χ3v) is 4.16. The summed E-state index contributed by atoms with van der Waals surface area (Å²) in [4.78, 5) is 31.0. The Labute approximate surface area is 145 Å². The average Bonchev–Trinajstić information content (AvgIpc) is 2.85. The lowest BCUT2D eigenvalue weighted by atomic mass is 9.95. The first kappa shape index (κ1) is 17.3. The van der Waals surface area contributed by atoms with Gasteiger partial charge < -0.3 is 15.8 Å². The first-order chi connectivity index (χ1) is 11.7. The predicted molar refractivity (Wildman–Crippen MR) is 91.9 cm³/mol. The van der Waals surface area contributed by atoms with Gasteiger partial charge in [0.05, 0.1) is 24.1 Å². The summed E-state index contributed by atoms with van der Waals surface area (Å²) in [5.41, 5.74) is 6.42. The predicted octanol–water partition coefficient (Wildman–Crippen LogP) is 0.311. The molecule has 2 aromatic rings. The minimum atomic E-state index is -1.05. The molecule has 0 aromatic carbocycles. The summed E-state index contributed by atoms with van der Waals surface area (Å²) in [6.45, 7) is 3.43. The molecule has 0 unspecified atom stereocenters. The highest BCUT2D eigenvalue weighted by molar-refractivity contribution is 5.75. The highest BCUT2D eigenvalue weighted by atomic mass is 16.3. The van der Waals surface area contributed by atoms with Crippen molar-refractivity contribution in [3.05, 3.63) is 33.5 Å². The Hall–Kier alpha value is -2.48. The van der Waals surface area contributed by atoms with Gasteiger partial charge in [0.15, 0.2) is 11.6 Å². The fourth-order valence-electron chi connectivity index (χ4n) is 3.14. The Morgan fingerprint density at radius 3 is 2.80 bits per heavy atom. The number of hydrogen-bond donors (Lipinski definition) is 3. The van der Waals surface area contributed by atoms with Gasteiger partial charge in [0.2, 0.25) is 5.91 Å². The number of hydrogen-bond acceptors (Lipinski definition) is 5. The number of nitrogens with zero attached hydrogens (tertiary/aromatic N) is 3. The lowest BCUT2D eigenvalue weighted by molar-refractivity contribution is -0.117. The number of aromatic nitrogens is 4. The van der Waals surface area contributed by atoms with E-state index in [4.69, 9.17) is 5.73 Å². The van der Waals surface area contributed by atoms with Gasteiger partial charge in [0.25, 0.3) is 5.56 Å². The molecule has 3 rings (SSSR count).